The van der Waals surface area contributed by atoms with Crippen LogP contribution < -0.4 is 0 Å². The maximum absolute atomic E-state index is 11.9. The zero-order valence-corrected chi connectivity index (χ0v) is 16.4. The number of hydrogen-bond acceptors (Lipinski definition) is 5. The van der Waals surface area contributed by atoms with Gasteiger partial charge in [-0.15, -0.1) is 11.3 Å². The van der Waals surface area contributed by atoms with Crippen molar-refractivity contribution < 1.29 is 9.53 Å². The van der Waals surface area contributed by atoms with Crippen LogP contribution in [0, 0.1) is 6.92 Å². The Kier molecular flexibility index (Phi) is 5.76. The molecule has 5 nitrogen and oxygen atoms in total. The minimum absolute atomic E-state index is 0.104. The largest absolute Gasteiger partial charge is 0.456 e. The van der Waals surface area contributed by atoms with Crippen LogP contribution in [-0.4, -0.2) is 20.7 Å². The van der Waals surface area contributed by atoms with Crippen molar-refractivity contribution in [2.24, 2.45) is 7.05 Å². The van der Waals surface area contributed by atoms with Crippen LogP contribution in [0.4, 0.5) is 0 Å². The Bertz CT molecular complexity index is 961. The van der Waals surface area contributed by atoms with Crippen LogP contribution >= 0.6 is 34.5 Å². The van der Waals surface area contributed by atoms with Crippen molar-refractivity contribution in [2.45, 2.75) is 13.5 Å². The molecule has 2 heterocycles. The Balaban J connectivity index is 1.60. The number of aryl methyl sites for hydroxylation is 2. The Labute approximate surface area is 164 Å². The Morgan fingerprint density at radius 2 is 2.04 bits per heavy atom. The SMILES string of the molecule is Cc1nn(C)c(Cl)c1/C=C/C(=O)OCc1csc(-c2ccc(Cl)cc2)n1. The van der Waals surface area contributed by atoms with Crippen LogP contribution in [0.2, 0.25) is 10.2 Å². The lowest BCUT2D eigenvalue weighted by Gasteiger charge is -1.99. The van der Waals surface area contributed by atoms with Gasteiger partial charge in [-0.25, -0.2) is 9.78 Å². The van der Waals surface area contributed by atoms with Crippen molar-refractivity contribution in [3.63, 3.8) is 0 Å². The maximum atomic E-state index is 11.9. The molecule has 0 atom stereocenters. The number of aromatic nitrogens is 3. The summed E-state index contributed by atoms with van der Waals surface area (Å²) in [5.74, 6) is -0.467. The van der Waals surface area contributed by atoms with Crippen molar-refractivity contribution in [1.29, 1.82) is 0 Å². The van der Waals surface area contributed by atoms with E-state index in [0.717, 1.165) is 16.3 Å². The van der Waals surface area contributed by atoms with E-state index >= 15 is 0 Å². The zero-order valence-electron chi connectivity index (χ0n) is 14.1. The average Bonchev–Trinajstić information content (AvgIpc) is 3.18. The van der Waals surface area contributed by atoms with Gasteiger partial charge in [0.05, 0.1) is 11.4 Å². The first-order valence-corrected chi connectivity index (χ1v) is 9.32. The molecule has 3 rings (SSSR count). The summed E-state index contributed by atoms with van der Waals surface area (Å²) in [7, 11) is 1.74. The summed E-state index contributed by atoms with van der Waals surface area (Å²) in [4.78, 5) is 16.4. The van der Waals surface area contributed by atoms with Gasteiger partial charge in [0.2, 0.25) is 0 Å². The molecule has 1 aromatic carbocycles. The quantitative estimate of drug-likeness (QED) is 0.445. The van der Waals surface area contributed by atoms with Gasteiger partial charge in [-0.05, 0) is 25.1 Å². The molecular weight excluding hydrogens is 393 g/mol. The molecule has 0 N–H and O–H groups in total. The monoisotopic (exact) mass is 407 g/mol. The van der Waals surface area contributed by atoms with Gasteiger partial charge in [-0.3, -0.25) is 4.68 Å². The third-order valence-electron chi connectivity index (χ3n) is 3.59. The first-order valence-electron chi connectivity index (χ1n) is 7.68. The second kappa shape index (κ2) is 8.03. The number of benzene rings is 1. The number of thiazole rings is 1. The summed E-state index contributed by atoms with van der Waals surface area (Å²) in [6.07, 6.45) is 2.94. The highest BCUT2D eigenvalue weighted by Gasteiger charge is 2.10. The van der Waals surface area contributed by atoms with Gasteiger partial charge in [0, 0.05) is 34.7 Å². The van der Waals surface area contributed by atoms with Crippen LogP contribution in [0.5, 0.6) is 0 Å². The molecule has 26 heavy (non-hydrogen) atoms. The number of ether oxygens (including phenoxy) is 1. The molecular formula is C18H15Cl2N3O2S. The van der Waals surface area contributed by atoms with E-state index in [2.05, 4.69) is 10.1 Å². The molecule has 0 amide bonds. The van der Waals surface area contributed by atoms with Crippen molar-refractivity contribution in [1.82, 2.24) is 14.8 Å². The van der Waals surface area contributed by atoms with Gasteiger partial charge in [0.25, 0.3) is 0 Å². The highest BCUT2D eigenvalue weighted by molar-refractivity contribution is 7.13. The first kappa shape index (κ1) is 18.6. The molecule has 0 aliphatic heterocycles. The van der Waals surface area contributed by atoms with E-state index in [9.17, 15) is 4.79 Å². The van der Waals surface area contributed by atoms with Gasteiger partial charge in [0.15, 0.2) is 0 Å². The number of rotatable bonds is 5. The fraction of sp³-hybridized carbons (Fsp3) is 0.167. The Morgan fingerprint density at radius 3 is 2.69 bits per heavy atom. The summed E-state index contributed by atoms with van der Waals surface area (Å²) < 4.78 is 6.78. The van der Waals surface area contributed by atoms with Crippen molar-refractivity contribution in [3.8, 4) is 10.6 Å². The molecule has 0 radical (unpaired) electrons. The summed E-state index contributed by atoms with van der Waals surface area (Å²) >= 11 is 13.5. The number of esters is 1. The normalized spacial score (nSPS) is 11.2. The predicted octanol–water partition coefficient (Wildman–Crippen LogP) is 4.92. The fourth-order valence-corrected chi connectivity index (χ4v) is 3.45. The first-order chi connectivity index (χ1) is 12.4. The Hall–Kier alpha value is -2.15. The van der Waals surface area contributed by atoms with Crippen LogP contribution in [-0.2, 0) is 23.2 Å². The van der Waals surface area contributed by atoms with Gasteiger partial charge in [-0.1, -0.05) is 35.3 Å². The van der Waals surface area contributed by atoms with Gasteiger partial charge in [-0.2, -0.15) is 5.10 Å². The van der Waals surface area contributed by atoms with E-state index in [0.29, 0.717) is 21.4 Å². The number of hydrogen-bond donors (Lipinski definition) is 0. The lowest BCUT2D eigenvalue weighted by Crippen LogP contribution is -2.01. The topological polar surface area (TPSA) is 57.0 Å². The van der Waals surface area contributed by atoms with Crippen LogP contribution in [0.3, 0.4) is 0 Å². The summed E-state index contributed by atoms with van der Waals surface area (Å²) in [6, 6.07) is 7.43. The molecule has 0 saturated heterocycles. The van der Waals surface area contributed by atoms with E-state index in [1.807, 2.05) is 36.6 Å². The van der Waals surface area contributed by atoms with Gasteiger partial charge in [0.1, 0.15) is 16.8 Å². The number of halogens is 2. The molecule has 0 fully saturated rings. The molecule has 8 heteroatoms. The van der Waals surface area contributed by atoms with Gasteiger partial charge >= 0.3 is 5.97 Å². The fourth-order valence-electron chi connectivity index (χ4n) is 2.28. The van der Waals surface area contributed by atoms with Crippen molar-refractivity contribution in [2.75, 3.05) is 0 Å². The van der Waals surface area contributed by atoms with Crippen LogP contribution in [0.25, 0.3) is 16.6 Å². The second-order valence-electron chi connectivity index (χ2n) is 5.51. The van der Waals surface area contributed by atoms with E-state index < -0.39 is 5.97 Å². The number of nitrogens with zero attached hydrogens (tertiary/aromatic N) is 3. The lowest BCUT2D eigenvalue weighted by atomic mass is 10.2. The molecule has 2 aromatic heterocycles. The molecule has 0 spiro atoms. The number of carbonyl (C=O) groups excluding carboxylic acids is 1. The van der Waals surface area contributed by atoms with Crippen molar-refractivity contribution >= 4 is 46.6 Å². The standard InChI is InChI=1S/C18H15Cl2N3O2S/c1-11-15(17(20)23(2)22-11)7-8-16(24)25-9-14-10-26-18(21-14)12-3-5-13(19)6-4-12/h3-8,10H,9H2,1-2H3/b8-7+. The molecule has 0 aliphatic carbocycles. The molecule has 3 aromatic rings. The van der Waals surface area contributed by atoms with Crippen LogP contribution in [0.1, 0.15) is 17.0 Å². The minimum atomic E-state index is -0.467. The van der Waals surface area contributed by atoms with Crippen molar-refractivity contribution in [3.05, 3.63) is 62.8 Å². The smallest absolute Gasteiger partial charge is 0.331 e. The van der Waals surface area contributed by atoms with Gasteiger partial charge < -0.3 is 4.74 Å². The molecule has 0 aliphatic rings. The lowest BCUT2D eigenvalue weighted by molar-refractivity contribution is -0.139. The number of carbonyl (C=O) groups is 1. The predicted molar refractivity (Wildman–Crippen MR) is 104 cm³/mol. The summed E-state index contributed by atoms with van der Waals surface area (Å²) in [5.41, 5.74) is 3.11. The Morgan fingerprint density at radius 1 is 1.31 bits per heavy atom. The maximum Gasteiger partial charge on any atom is 0.331 e. The average molecular weight is 408 g/mol. The summed E-state index contributed by atoms with van der Waals surface area (Å²) in [6.45, 7) is 1.93. The van der Waals surface area contributed by atoms with E-state index in [1.165, 1.54) is 17.4 Å². The molecule has 0 bridgehead atoms. The highest BCUT2D eigenvalue weighted by atomic mass is 35.5. The van der Waals surface area contributed by atoms with E-state index in [-0.39, 0.29) is 6.61 Å². The molecule has 0 saturated carbocycles. The summed E-state index contributed by atoms with van der Waals surface area (Å²) in [5, 5.41) is 8.04. The third-order valence-corrected chi connectivity index (χ3v) is 5.23. The highest BCUT2D eigenvalue weighted by Crippen LogP contribution is 2.25. The third kappa shape index (κ3) is 4.33. The molecule has 134 valence electrons. The van der Waals surface area contributed by atoms with E-state index in [1.54, 1.807) is 17.8 Å². The van der Waals surface area contributed by atoms with E-state index in [4.69, 9.17) is 27.9 Å². The van der Waals surface area contributed by atoms with Crippen LogP contribution in [0.15, 0.2) is 35.7 Å². The second-order valence-corrected chi connectivity index (χ2v) is 7.16. The zero-order chi connectivity index (χ0) is 18.7. The molecule has 0 unspecified atom stereocenters. The minimum Gasteiger partial charge on any atom is -0.456 e.